The molecule has 0 heterocycles. The Labute approximate surface area is 99.4 Å². The van der Waals surface area contributed by atoms with Gasteiger partial charge in [-0.05, 0) is 31.4 Å². The molecule has 0 aliphatic heterocycles. The molecular weight excluding hydrogens is 200 g/mol. The molecule has 0 bridgehead atoms. The summed E-state index contributed by atoms with van der Waals surface area (Å²) in [6.45, 7) is 5.69. The van der Waals surface area contributed by atoms with E-state index in [4.69, 9.17) is 4.74 Å². The quantitative estimate of drug-likeness (QED) is 0.265. The van der Waals surface area contributed by atoms with Gasteiger partial charge in [-0.1, -0.05) is 39.2 Å². The number of hydrogen-bond donors (Lipinski definition) is 0. The molecule has 0 saturated carbocycles. The molecule has 2 heteroatoms. The fraction of sp³-hybridized carbons (Fsp3) is 0.643. The number of carbonyl (C=O) groups is 1. The third kappa shape index (κ3) is 9.50. The molecule has 2 nitrogen and oxygen atoms in total. The normalized spacial score (nSPS) is 12.1. The van der Waals surface area contributed by atoms with Crippen molar-refractivity contribution >= 4 is 5.97 Å². The Bertz CT molecular complexity index is 239. The maximum Gasteiger partial charge on any atom is 0.308 e. The number of esters is 1. The molecule has 0 aromatic rings. The Balaban J connectivity index is 4.01. The van der Waals surface area contributed by atoms with Gasteiger partial charge in [-0.3, -0.25) is 4.79 Å². The number of ether oxygens (including phenoxy) is 1. The first-order valence-corrected chi connectivity index (χ1v) is 6.25. The van der Waals surface area contributed by atoms with Crippen LogP contribution in [0.25, 0.3) is 0 Å². The molecule has 16 heavy (non-hydrogen) atoms. The van der Waals surface area contributed by atoms with E-state index in [1.807, 2.05) is 18.2 Å². The second-order valence-corrected chi connectivity index (χ2v) is 3.86. The van der Waals surface area contributed by atoms with E-state index in [1.54, 1.807) is 0 Å². The van der Waals surface area contributed by atoms with Gasteiger partial charge in [0.15, 0.2) is 0 Å². The predicted molar refractivity (Wildman–Crippen MR) is 68.0 cm³/mol. The van der Waals surface area contributed by atoms with Crippen molar-refractivity contribution in [3.63, 3.8) is 0 Å². The van der Waals surface area contributed by atoms with Crippen molar-refractivity contribution in [1.82, 2.24) is 0 Å². The molecule has 0 aromatic carbocycles. The van der Waals surface area contributed by atoms with E-state index in [0.717, 1.165) is 12.8 Å². The van der Waals surface area contributed by atoms with Crippen LogP contribution in [0.2, 0.25) is 0 Å². The molecule has 92 valence electrons. The highest BCUT2D eigenvalue weighted by molar-refractivity contribution is 5.67. The first-order valence-electron chi connectivity index (χ1n) is 6.25. The Morgan fingerprint density at radius 3 is 2.50 bits per heavy atom. The Morgan fingerprint density at radius 1 is 1.19 bits per heavy atom. The zero-order chi connectivity index (χ0) is 12.2. The highest BCUT2D eigenvalue weighted by atomic mass is 16.5. The predicted octanol–water partition coefficient (Wildman–Crippen LogP) is 4.37. The monoisotopic (exact) mass is 224 g/mol. The molecule has 0 aromatic heterocycles. The summed E-state index contributed by atoms with van der Waals surface area (Å²) in [5.41, 5.74) is 0. The van der Waals surface area contributed by atoms with Gasteiger partial charge >= 0.3 is 5.97 Å². The van der Waals surface area contributed by atoms with E-state index in [1.165, 1.54) is 32.6 Å². The molecule has 0 atom stereocenters. The molecule has 0 N–H and O–H groups in total. The smallest absolute Gasteiger partial charge is 0.308 e. The molecule has 0 radical (unpaired) electrons. The minimum absolute atomic E-state index is 0.249. The summed E-state index contributed by atoms with van der Waals surface area (Å²) in [5, 5.41) is 0. The summed E-state index contributed by atoms with van der Waals surface area (Å²) in [6, 6.07) is 0. The zero-order valence-corrected chi connectivity index (χ0v) is 10.8. The van der Waals surface area contributed by atoms with Crippen molar-refractivity contribution < 1.29 is 9.53 Å². The van der Waals surface area contributed by atoms with Crippen LogP contribution in [0.1, 0.15) is 59.3 Å². The topological polar surface area (TPSA) is 26.3 Å². The summed E-state index contributed by atoms with van der Waals surface area (Å²) >= 11 is 0. The summed E-state index contributed by atoms with van der Waals surface area (Å²) in [6.07, 6.45) is 12.8. The highest BCUT2D eigenvalue weighted by Gasteiger charge is 1.97. The fourth-order valence-corrected chi connectivity index (χ4v) is 1.36. The second kappa shape index (κ2) is 10.5. The van der Waals surface area contributed by atoms with Crippen molar-refractivity contribution in [2.45, 2.75) is 59.3 Å². The first-order chi connectivity index (χ1) is 7.70. The zero-order valence-electron chi connectivity index (χ0n) is 10.8. The molecule has 0 saturated heterocycles. The van der Waals surface area contributed by atoms with E-state index in [2.05, 4.69) is 13.8 Å². The molecule has 0 aliphatic rings. The number of allylic oxidation sites excluding steroid dienone is 3. The van der Waals surface area contributed by atoms with Crippen LogP contribution in [-0.4, -0.2) is 5.97 Å². The summed E-state index contributed by atoms with van der Waals surface area (Å²) < 4.78 is 5.09. The lowest BCUT2D eigenvalue weighted by atomic mass is 10.1. The number of hydrogen-bond acceptors (Lipinski definition) is 2. The third-order valence-electron chi connectivity index (χ3n) is 2.18. The Hall–Kier alpha value is -1.05. The minimum Gasteiger partial charge on any atom is -0.427 e. The maximum absolute atomic E-state index is 10.9. The van der Waals surface area contributed by atoms with Gasteiger partial charge in [0.1, 0.15) is 5.76 Å². The van der Waals surface area contributed by atoms with Crippen molar-refractivity contribution in [1.29, 1.82) is 0 Å². The molecule has 0 unspecified atom stereocenters. The molecular formula is C14H24O2. The van der Waals surface area contributed by atoms with Gasteiger partial charge < -0.3 is 4.74 Å². The van der Waals surface area contributed by atoms with Crippen LogP contribution < -0.4 is 0 Å². The maximum atomic E-state index is 10.9. The van der Waals surface area contributed by atoms with Crippen molar-refractivity contribution in [2.75, 3.05) is 0 Å². The summed E-state index contributed by atoms with van der Waals surface area (Å²) in [7, 11) is 0. The summed E-state index contributed by atoms with van der Waals surface area (Å²) in [5.74, 6) is 0.436. The standard InChI is InChI=1S/C14H24O2/c1-4-6-8-9-10-12-14(11-7-5-2)16-13(3)15/h7,11-12H,4-6,8-10H2,1-3H3. The van der Waals surface area contributed by atoms with Crippen LogP contribution in [0.3, 0.4) is 0 Å². The molecule has 0 amide bonds. The van der Waals surface area contributed by atoms with Gasteiger partial charge in [-0.15, -0.1) is 0 Å². The second-order valence-electron chi connectivity index (χ2n) is 3.86. The van der Waals surface area contributed by atoms with Crippen LogP contribution in [0.4, 0.5) is 0 Å². The van der Waals surface area contributed by atoms with Crippen LogP contribution in [0.15, 0.2) is 24.0 Å². The van der Waals surface area contributed by atoms with Crippen LogP contribution in [-0.2, 0) is 9.53 Å². The molecule has 0 rings (SSSR count). The largest absolute Gasteiger partial charge is 0.427 e. The first kappa shape index (κ1) is 14.9. The Morgan fingerprint density at radius 2 is 1.94 bits per heavy atom. The van der Waals surface area contributed by atoms with E-state index >= 15 is 0 Å². The van der Waals surface area contributed by atoms with Crippen molar-refractivity contribution in [2.24, 2.45) is 0 Å². The lowest BCUT2D eigenvalue weighted by Crippen LogP contribution is -1.96. The van der Waals surface area contributed by atoms with E-state index in [9.17, 15) is 4.79 Å². The van der Waals surface area contributed by atoms with Crippen LogP contribution in [0, 0.1) is 0 Å². The number of unbranched alkanes of at least 4 members (excludes halogenated alkanes) is 4. The van der Waals surface area contributed by atoms with Crippen LogP contribution in [0.5, 0.6) is 0 Å². The lowest BCUT2D eigenvalue weighted by Gasteiger charge is -2.02. The van der Waals surface area contributed by atoms with Crippen molar-refractivity contribution in [3.05, 3.63) is 24.0 Å². The summed E-state index contributed by atoms with van der Waals surface area (Å²) in [4.78, 5) is 10.9. The number of rotatable bonds is 8. The highest BCUT2D eigenvalue weighted by Crippen LogP contribution is 2.08. The molecule has 0 spiro atoms. The van der Waals surface area contributed by atoms with Gasteiger partial charge in [0, 0.05) is 6.92 Å². The molecule has 0 fully saturated rings. The fourth-order valence-electron chi connectivity index (χ4n) is 1.36. The average Bonchev–Trinajstić information content (AvgIpc) is 2.24. The van der Waals surface area contributed by atoms with E-state index < -0.39 is 0 Å². The SMILES string of the molecule is CCC=CC(=CCCCCCC)OC(C)=O. The van der Waals surface area contributed by atoms with Gasteiger partial charge in [-0.25, -0.2) is 0 Å². The lowest BCUT2D eigenvalue weighted by molar-refractivity contribution is -0.136. The molecule has 0 aliphatic carbocycles. The van der Waals surface area contributed by atoms with E-state index in [0.29, 0.717) is 5.76 Å². The minimum atomic E-state index is -0.249. The Kier molecular flexibility index (Phi) is 9.78. The van der Waals surface area contributed by atoms with Gasteiger partial charge in [0.2, 0.25) is 0 Å². The van der Waals surface area contributed by atoms with Gasteiger partial charge in [-0.2, -0.15) is 0 Å². The van der Waals surface area contributed by atoms with Crippen LogP contribution >= 0.6 is 0 Å². The number of carbonyl (C=O) groups excluding carboxylic acids is 1. The van der Waals surface area contributed by atoms with Crippen molar-refractivity contribution in [3.8, 4) is 0 Å². The van der Waals surface area contributed by atoms with E-state index in [-0.39, 0.29) is 5.97 Å². The van der Waals surface area contributed by atoms with Gasteiger partial charge in [0.05, 0.1) is 0 Å². The average molecular weight is 224 g/mol. The third-order valence-corrected chi connectivity index (χ3v) is 2.18. The van der Waals surface area contributed by atoms with Gasteiger partial charge in [0.25, 0.3) is 0 Å².